The van der Waals surface area contributed by atoms with Crippen molar-refractivity contribution in [1.29, 1.82) is 0 Å². The van der Waals surface area contributed by atoms with E-state index in [9.17, 15) is 9.59 Å². The van der Waals surface area contributed by atoms with E-state index in [1.807, 2.05) is 0 Å². The molecule has 1 rings (SSSR count). The molecule has 1 aliphatic rings. The second kappa shape index (κ2) is 6.21. The van der Waals surface area contributed by atoms with Crippen LogP contribution >= 0.6 is 0 Å². The van der Waals surface area contributed by atoms with E-state index in [-0.39, 0.29) is 22.9 Å². The van der Waals surface area contributed by atoms with Gasteiger partial charge < -0.3 is 9.47 Å². The largest absolute Gasteiger partial charge is 0.489 e. The highest BCUT2D eigenvalue weighted by atomic mass is 16.5. The Hall–Kier alpha value is -2.06. The molecular weight excluding hydrogens is 244 g/mol. The van der Waals surface area contributed by atoms with Crippen molar-refractivity contribution in [2.45, 2.75) is 20.3 Å². The number of carbonyl (C=O) groups is 2. The Balaban J connectivity index is 3.36. The van der Waals surface area contributed by atoms with Crippen LogP contribution in [0.1, 0.15) is 20.3 Å². The minimum atomic E-state index is -0.395. The Bertz CT molecular complexity index is 540. The Morgan fingerprint density at radius 2 is 1.74 bits per heavy atom. The Labute approximate surface area is 113 Å². The highest BCUT2D eigenvalue weighted by Gasteiger charge is 2.33. The third-order valence-electron chi connectivity index (χ3n) is 2.79. The van der Waals surface area contributed by atoms with E-state index in [0.717, 1.165) is 5.57 Å². The second-order valence-electron chi connectivity index (χ2n) is 4.04. The normalized spacial score (nSPS) is 15.4. The van der Waals surface area contributed by atoms with Gasteiger partial charge in [-0.3, -0.25) is 9.59 Å². The molecule has 0 aromatic carbocycles. The van der Waals surface area contributed by atoms with Crippen molar-refractivity contribution >= 4 is 11.6 Å². The maximum absolute atomic E-state index is 12.2. The molecule has 100 valence electrons. The van der Waals surface area contributed by atoms with E-state index in [4.69, 9.17) is 16.4 Å². The zero-order valence-corrected chi connectivity index (χ0v) is 11.5. The molecule has 0 N–H and O–H groups in total. The van der Waals surface area contributed by atoms with Gasteiger partial charge in [-0.2, -0.15) is 0 Å². The number of Topliss-reactive ketones (excluding diaryl/α,β-unsaturated/α-hetero) is 2. The maximum atomic E-state index is 12.2. The van der Waals surface area contributed by atoms with Crippen LogP contribution in [-0.2, 0) is 19.1 Å². The molecule has 0 saturated carbocycles. The van der Waals surface area contributed by atoms with Gasteiger partial charge in [0.1, 0.15) is 0 Å². The van der Waals surface area contributed by atoms with E-state index in [1.54, 1.807) is 13.8 Å². The summed E-state index contributed by atoms with van der Waals surface area (Å²) in [6.45, 7) is 8.79. The van der Waals surface area contributed by atoms with Crippen molar-refractivity contribution in [2.24, 2.45) is 0 Å². The molecule has 0 unspecified atom stereocenters. The smallest absolute Gasteiger partial charge is 0.232 e. The maximum Gasteiger partial charge on any atom is 0.232 e. The van der Waals surface area contributed by atoms with Gasteiger partial charge in [0.2, 0.25) is 23.1 Å². The summed E-state index contributed by atoms with van der Waals surface area (Å²) in [6, 6.07) is 0. The predicted octanol–water partition coefficient (Wildman–Crippen LogP) is 2.16. The van der Waals surface area contributed by atoms with Crippen molar-refractivity contribution in [3.63, 3.8) is 0 Å². The molecule has 0 aromatic rings. The third kappa shape index (κ3) is 2.85. The fourth-order valence-electron chi connectivity index (χ4n) is 1.59. The predicted molar refractivity (Wildman–Crippen MR) is 69.9 cm³/mol. The molecule has 0 saturated heterocycles. The van der Waals surface area contributed by atoms with Crippen LogP contribution in [0.2, 0.25) is 0 Å². The topological polar surface area (TPSA) is 52.6 Å². The van der Waals surface area contributed by atoms with Crippen LogP contribution in [0.3, 0.4) is 0 Å². The minimum Gasteiger partial charge on any atom is -0.489 e. The third-order valence-corrected chi connectivity index (χ3v) is 2.79. The van der Waals surface area contributed by atoms with Crippen LogP contribution in [0.15, 0.2) is 40.0 Å². The standard InChI is InChI=1S/C15H16O4/c1-6-9(2)7-8-11-10(3)12(16)14(18-4)15(19-5)13(11)17/h1,8H,6H2,2-5H3. The summed E-state index contributed by atoms with van der Waals surface area (Å²) in [7, 11) is 2.65. The lowest BCUT2D eigenvalue weighted by atomic mass is 9.93. The number of ether oxygens (including phenoxy) is 2. The highest BCUT2D eigenvalue weighted by molar-refractivity contribution is 6.24. The van der Waals surface area contributed by atoms with Crippen molar-refractivity contribution in [3.8, 4) is 0 Å². The number of allylic oxidation sites excluding steroid dienone is 3. The molecule has 2 radical (unpaired) electrons. The van der Waals surface area contributed by atoms with E-state index in [0.29, 0.717) is 12.0 Å². The highest BCUT2D eigenvalue weighted by Crippen LogP contribution is 2.26. The molecular formula is C15H16O4. The molecule has 0 aromatic heterocycles. The molecule has 0 fully saturated rings. The summed E-state index contributed by atoms with van der Waals surface area (Å²) in [6.07, 6.45) is 1.80. The fraction of sp³-hybridized carbons (Fsp3) is 0.333. The van der Waals surface area contributed by atoms with E-state index < -0.39 is 5.78 Å². The van der Waals surface area contributed by atoms with Crippen LogP contribution in [0.5, 0.6) is 0 Å². The summed E-state index contributed by atoms with van der Waals surface area (Å²) in [4.78, 5) is 24.2. The minimum absolute atomic E-state index is 0.0679. The quantitative estimate of drug-likeness (QED) is 0.574. The first kappa shape index (κ1) is 15.0. The molecule has 0 atom stereocenters. The van der Waals surface area contributed by atoms with Crippen LogP contribution in [0.4, 0.5) is 0 Å². The van der Waals surface area contributed by atoms with Gasteiger partial charge in [0.25, 0.3) is 0 Å². The summed E-state index contributed by atoms with van der Waals surface area (Å²) in [5, 5.41) is 0. The van der Waals surface area contributed by atoms with Crippen LogP contribution < -0.4 is 0 Å². The molecule has 4 heteroatoms. The summed E-state index contributed by atoms with van der Waals surface area (Å²) >= 11 is 0. The van der Waals surface area contributed by atoms with Crippen LogP contribution in [-0.4, -0.2) is 25.8 Å². The number of hydrogen-bond acceptors (Lipinski definition) is 4. The van der Waals surface area contributed by atoms with Gasteiger partial charge in [-0.05, 0) is 38.8 Å². The molecule has 0 heterocycles. The first-order chi connectivity index (χ1) is 8.97. The van der Waals surface area contributed by atoms with E-state index in [2.05, 4.69) is 5.73 Å². The summed E-state index contributed by atoms with van der Waals surface area (Å²) in [5.74, 6) is -0.913. The number of carbonyl (C=O) groups excluding carboxylic acids is 2. The number of ketones is 2. The SMILES string of the molecule is [CH]CC(C)=C=CC1=C(C)C(=O)C(OC)=C(OC)C1=O. The Morgan fingerprint density at radius 1 is 1.21 bits per heavy atom. The van der Waals surface area contributed by atoms with Crippen LogP contribution in [0, 0.1) is 6.92 Å². The molecule has 0 aliphatic heterocycles. The Morgan fingerprint density at radius 3 is 2.21 bits per heavy atom. The van der Waals surface area contributed by atoms with E-state index >= 15 is 0 Å². The van der Waals surface area contributed by atoms with Gasteiger partial charge in [0, 0.05) is 11.1 Å². The van der Waals surface area contributed by atoms with Gasteiger partial charge in [-0.1, -0.05) is 0 Å². The zero-order chi connectivity index (χ0) is 14.6. The second-order valence-corrected chi connectivity index (χ2v) is 4.04. The van der Waals surface area contributed by atoms with Gasteiger partial charge in [0.15, 0.2) is 0 Å². The number of hydrogen-bond donors (Lipinski definition) is 0. The summed E-state index contributed by atoms with van der Waals surface area (Å²) < 4.78 is 9.89. The first-order valence-electron chi connectivity index (χ1n) is 5.72. The monoisotopic (exact) mass is 260 g/mol. The molecule has 4 nitrogen and oxygen atoms in total. The van der Waals surface area contributed by atoms with Gasteiger partial charge in [-0.25, -0.2) is 0 Å². The van der Waals surface area contributed by atoms with Crippen molar-refractivity contribution in [1.82, 2.24) is 0 Å². The molecule has 1 aliphatic carbocycles. The molecule has 0 amide bonds. The molecule has 0 spiro atoms. The zero-order valence-electron chi connectivity index (χ0n) is 11.5. The van der Waals surface area contributed by atoms with E-state index in [1.165, 1.54) is 20.3 Å². The Kier molecular flexibility index (Phi) is 4.90. The lowest BCUT2D eigenvalue weighted by Gasteiger charge is -2.18. The van der Waals surface area contributed by atoms with Crippen molar-refractivity contribution < 1.29 is 19.1 Å². The number of rotatable bonds is 4. The van der Waals surface area contributed by atoms with Crippen molar-refractivity contribution in [3.05, 3.63) is 47.0 Å². The summed E-state index contributed by atoms with van der Waals surface area (Å²) in [5.41, 5.74) is 4.21. The molecule has 0 bridgehead atoms. The van der Waals surface area contributed by atoms with Gasteiger partial charge in [0.05, 0.1) is 14.2 Å². The average molecular weight is 260 g/mol. The lowest BCUT2D eigenvalue weighted by molar-refractivity contribution is -0.120. The molecule has 19 heavy (non-hydrogen) atoms. The van der Waals surface area contributed by atoms with Gasteiger partial charge >= 0.3 is 0 Å². The van der Waals surface area contributed by atoms with Crippen LogP contribution in [0.25, 0.3) is 0 Å². The first-order valence-corrected chi connectivity index (χ1v) is 5.72. The fourth-order valence-corrected chi connectivity index (χ4v) is 1.59. The van der Waals surface area contributed by atoms with Crippen molar-refractivity contribution in [2.75, 3.05) is 14.2 Å². The van der Waals surface area contributed by atoms with Gasteiger partial charge in [-0.15, -0.1) is 5.73 Å². The average Bonchev–Trinajstić information content (AvgIpc) is 2.41. The lowest BCUT2D eigenvalue weighted by Crippen LogP contribution is -2.24. The number of methoxy groups -OCH3 is 2.